The summed E-state index contributed by atoms with van der Waals surface area (Å²) in [6, 6.07) is 10.4. The summed E-state index contributed by atoms with van der Waals surface area (Å²) in [6.07, 6.45) is 18.7. The molecular formula is C48H75NO4Si2. The molecule has 1 aromatic rings. The van der Waals surface area contributed by atoms with Crippen molar-refractivity contribution in [2.24, 2.45) is 33.6 Å². The minimum Gasteiger partial charge on any atom is -0.478 e. The van der Waals surface area contributed by atoms with Crippen molar-refractivity contribution in [2.45, 2.75) is 174 Å². The van der Waals surface area contributed by atoms with Gasteiger partial charge in [-0.15, -0.1) is 0 Å². The molecule has 0 unspecified atom stereocenters. The molecule has 8 atom stereocenters. The molecule has 0 spiro atoms. The SMILES string of the molecule is C=C1/C(=C\C=C2/CCC[C@]3(C)[C@@H]([C@H](C)/C=C/[C@@H](O)C4(C5=N[C@H](c6ccccc6)CO5)CC4)CC[C@@H]23)C[C@@H](O[Si](C)(C)C(C)(C)C)C[C@@H]1O[Si](C)(C)C(C)(C)C. The van der Waals surface area contributed by atoms with Crippen molar-refractivity contribution in [1.29, 1.82) is 0 Å². The Labute approximate surface area is 337 Å². The molecule has 1 N–H and O–H groups in total. The van der Waals surface area contributed by atoms with Crippen LogP contribution >= 0.6 is 0 Å². The highest BCUT2D eigenvalue weighted by molar-refractivity contribution is 6.74. The maximum atomic E-state index is 11.6. The van der Waals surface area contributed by atoms with Crippen LogP contribution in [-0.4, -0.2) is 52.6 Å². The van der Waals surface area contributed by atoms with Crippen LogP contribution in [0.25, 0.3) is 0 Å². The second kappa shape index (κ2) is 15.6. The van der Waals surface area contributed by atoms with Gasteiger partial charge in [-0.3, -0.25) is 0 Å². The Bertz CT molecular complexity index is 1670. The van der Waals surface area contributed by atoms with Crippen molar-refractivity contribution in [3.63, 3.8) is 0 Å². The molecule has 304 valence electrons. The third-order valence-corrected chi connectivity index (χ3v) is 24.6. The van der Waals surface area contributed by atoms with Gasteiger partial charge >= 0.3 is 0 Å². The van der Waals surface area contributed by atoms with Crippen molar-refractivity contribution >= 4 is 22.5 Å². The fourth-order valence-electron chi connectivity index (χ4n) is 9.77. The van der Waals surface area contributed by atoms with E-state index in [1.54, 1.807) is 5.57 Å². The average molecular weight is 786 g/mol. The molecule has 5 aliphatic rings. The van der Waals surface area contributed by atoms with E-state index in [1.165, 1.54) is 43.2 Å². The lowest BCUT2D eigenvalue weighted by molar-refractivity contribution is 0.0969. The Kier molecular flexibility index (Phi) is 12.1. The van der Waals surface area contributed by atoms with Crippen LogP contribution in [0.2, 0.25) is 36.3 Å². The summed E-state index contributed by atoms with van der Waals surface area (Å²) in [4.78, 5) is 4.98. The standard InChI is InChI=1S/C48H75NO4Si2/c1-33(21-26-43(50)48(28-29-48)44-49-41(32-51-44)36-18-15-14-16-19-36)39-24-25-40-35(20-17-27-47(39,40)9)22-23-37-30-38(52-54(10,11)45(3,4)5)31-42(34(37)2)53-55(12,13)46(6,7)8/h14-16,18-19,21-23,26,33,38-43,50H,2,17,20,24-25,27-32H2,1,3-13H3/b26-21+,35-22+,37-23-/t33-,38-,39-,40+,41+,42+,43-,47-/m1/s1. The Morgan fingerprint density at radius 1 is 0.927 bits per heavy atom. The van der Waals surface area contributed by atoms with E-state index >= 15 is 0 Å². The number of ether oxygens (including phenoxy) is 1. The van der Waals surface area contributed by atoms with Crippen molar-refractivity contribution in [3.05, 3.63) is 83.5 Å². The lowest BCUT2D eigenvalue weighted by atomic mass is 9.61. The fraction of sp³-hybridized carbons (Fsp3) is 0.688. The van der Waals surface area contributed by atoms with Gasteiger partial charge in [0.2, 0.25) is 0 Å². The quantitative estimate of drug-likeness (QED) is 0.179. The van der Waals surface area contributed by atoms with E-state index in [0.29, 0.717) is 24.4 Å². The molecule has 0 aromatic heterocycles. The van der Waals surface area contributed by atoms with Crippen molar-refractivity contribution in [3.8, 4) is 0 Å². The summed E-state index contributed by atoms with van der Waals surface area (Å²) in [6.45, 7) is 33.7. The van der Waals surface area contributed by atoms with Crippen molar-refractivity contribution < 1.29 is 18.7 Å². The monoisotopic (exact) mass is 786 g/mol. The third kappa shape index (κ3) is 8.72. The van der Waals surface area contributed by atoms with E-state index in [9.17, 15) is 5.11 Å². The number of aliphatic hydroxyl groups excluding tert-OH is 1. The zero-order valence-electron chi connectivity index (χ0n) is 36.6. The molecule has 0 bridgehead atoms. The molecular weight excluding hydrogens is 711 g/mol. The molecule has 1 aromatic carbocycles. The summed E-state index contributed by atoms with van der Waals surface area (Å²) >= 11 is 0. The first-order valence-corrected chi connectivity index (χ1v) is 27.5. The highest BCUT2D eigenvalue weighted by Crippen LogP contribution is 2.60. The highest BCUT2D eigenvalue weighted by atomic mass is 28.4. The molecule has 7 heteroatoms. The number of benzene rings is 1. The molecule has 4 aliphatic carbocycles. The molecule has 5 nitrogen and oxygen atoms in total. The Balaban J connectivity index is 1.17. The minimum atomic E-state index is -2.01. The van der Waals surface area contributed by atoms with Crippen LogP contribution in [0.1, 0.15) is 125 Å². The van der Waals surface area contributed by atoms with Gasteiger partial charge in [0.1, 0.15) is 12.6 Å². The first kappa shape index (κ1) is 42.6. The normalized spacial score (nSPS) is 32.8. The molecule has 1 aliphatic heterocycles. The molecule has 0 amide bonds. The van der Waals surface area contributed by atoms with Crippen LogP contribution in [0.3, 0.4) is 0 Å². The largest absolute Gasteiger partial charge is 0.478 e. The number of nitrogens with zero attached hydrogens (tertiary/aromatic N) is 1. The zero-order chi connectivity index (χ0) is 40.2. The van der Waals surface area contributed by atoms with Crippen LogP contribution in [0.5, 0.6) is 0 Å². The summed E-state index contributed by atoms with van der Waals surface area (Å²) in [5, 5.41) is 11.8. The second-order valence-electron chi connectivity index (χ2n) is 21.4. The van der Waals surface area contributed by atoms with Crippen molar-refractivity contribution in [1.82, 2.24) is 0 Å². The van der Waals surface area contributed by atoms with E-state index in [1.807, 2.05) is 6.07 Å². The molecule has 4 saturated carbocycles. The summed E-state index contributed by atoms with van der Waals surface area (Å²) in [7, 11) is -3.98. The maximum absolute atomic E-state index is 11.6. The lowest BCUT2D eigenvalue weighted by Gasteiger charge is -2.45. The Morgan fingerprint density at radius 2 is 1.58 bits per heavy atom. The predicted molar refractivity (Wildman–Crippen MR) is 235 cm³/mol. The summed E-state index contributed by atoms with van der Waals surface area (Å²) in [5.74, 6) is 2.32. The van der Waals surface area contributed by atoms with E-state index < -0.39 is 22.7 Å². The number of aliphatic imine (C=N–C) groups is 1. The summed E-state index contributed by atoms with van der Waals surface area (Å²) in [5.41, 5.74) is 5.16. The second-order valence-corrected chi connectivity index (χ2v) is 30.9. The smallest absolute Gasteiger partial charge is 0.193 e. The maximum Gasteiger partial charge on any atom is 0.193 e. The van der Waals surface area contributed by atoms with Crippen LogP contribution in [0, 0.1) is 28.6 Å². The molecule has 1 heterocycles. The zero-order valence-corrected chi connectivity index (χ0v) is 38.6. The molecule has 6 rings (SSSR count). The van der Waals surface area contributed by atoms with E-state index in [0.717, 1.165) is 37.2 Å². The van der Waals surface area contributed by atoms with Gasteiger partial charge in [-0.05, 0) is 128 Å². The average Bonchev–Trinajstić information content (AvgIpc) is 3.60. The number of fused-ring (bicyclic) bond motifs is 1. The van der Waals surface area contributed by atoms with Crippen LogP contribution < -0.4 is 0 Å². The van der Waals surface area contributed by atoms with Crippen LogP contribution in [0.4, 0.5) is 0 Å². The van der Waals surface area contributed by atoms with E-state index in [4.69, 9.17) is 25.2 Å². The fourth-order valence-corrected chi connectivity index (χ4v) is 12.4. The van der Waals surface area contributed by atoms with E-state index in [-0.39, 0.29) is 39.2 Å². The molecule has 4 fully saturated rings. The first-order chi connectivity index (χ1) is 25.6. The van der Waals surface area contributed by atoms with Gasteiger partial charge < -0.3 is 18.7 Å². The Hall–Kier alpha value is -2.04. The van der Waals surface area contributed by atoms with Gasteiger partial charge in [0, 0.05) is 6.42 Å². The first-order valence-electron chi connectivity index (χ1n) is 21.6. The third-order valence-electron chi connectivity index (χ3n) is 15.6. The highest BCUT2D eigenvalue weighted by Gasteiger charge is 2.56. The Morgan fingerprint density at radius 3 is 2.22 bits per heavy atom. The van der Waals surface area contributed by atoms with Gasteiger partial charge in [0.25, 0.3) is 0 Å². The minimum absolute atomic E-state index is 0.00287. The van der Waals surface area contributed by atoms with Gasteiger partial charge in [-0.1, -0.05) is 122 Å². The van der Waals surface area contributed by atoms with Gasteiger partial charge in [0.05, 0.1) is 23.7 Å². The van der Waals surface area contributed by atoms with Gasteiger partial charge in [-0.2, -0.15) is 0 Å². The number of aliphatic hydroxyl groups is 1. The number of hydrogen-bond acceptors (Lipinski definition) is 5. The lowest BCUT2D eigenvalue weighted by Crippen LogP contribution is -2.49. The number of rotatable bonds is 11. The van der Waals surface area contributed by atoms with Gasteiger partial charge in [0.15, 0.2) is 22.5 Å². The van der Waals surface area contributed by atoms with Crippen LogP contribution in [0.15, 0.2) is 82.9 Å². The van der Waals surface area contributed by atoms with E-state index in [2.05, 4.69) is 130 Å². The molecule has 55 heavy (non-hydrogen) atoms. The van der Waals surface area contributed by atoms with Crippen LogP contribution in [-0.2, 0) is 13.6 Å². The molecule has 0 saturated heterocycles. The number of hydrogen-bond donors (Lipinski definition) is 1. The topological polar surface area (TPSA) is 60.3 Å². The number of allylic oxidation sites excluding steroid dienone is 4. The van der Waals surface area contributed by atoms with Gasteiger partial charge in [-0.25, -0.2) is 4.99 Å². The summed E-state index contributed by atoms with van der Waals surface area (Å²) < 4.78 is 20.4. The van der Waals surface area contributed by atoms with Crippen molar-refractivity contribution in [2.75, 3.05) is 6.61 Å². The molecule has 0 radical (unpaired) electrons. The predicted octanol–water partition coefficient (Wildman–Crippen LogP) is 12.7.